The Bertz CT molecular complexity index is 1190. The summed E-state index contributed by atoms with van der Waals surface area (Å²) in [6, 6.07) is 4.49. The van der Waals surface area contributed by atoms with E-state index in [1.165, 1.54) is 19.2 Å². The fraction of sp³-hybridized carbons (Fsp3) is 0.455. The van der Waals surface area contributed by atoms with Gasteiger partial charge in [-0.25, -0.2) is 0 Å². The number of rotatable bonds is 3. The van der Waals surface area contributed by atoms with Gasteiger partial charge in [0.25, 0.3) is 23.6 Å². The molecule has 0 bridgehead atoms. The van der Waals surface area contributed by atoms with Gasteiger partial charge in [0.1, 0.15) is 0 Å². The van der Waals surface area contributed by atoms with Gasteiger partial charge in [0.2, 0.25) is 0 Å². The maximum atomic E-state index is 13.5. The zero-order valence-corrected chi connectivity index (χ0v) is 20.8. The maximum absolute atomic E-state index is 13.5. The molecule has 6 unspecified atom stereocenters. The molecule has 3 fully saturated rings. The number of alkyl halides is 3. The number of aromatic hydroxyl groups is 1. The highest BCUT2D eigenvalue weighted by atomic mass is 79.9. The minimum atomic E-state index is -1.96. The number of phenolic OH excluding ortho intramolecular Hbond substituents is 1. The number of hydrogen-bond donors (Lipinski definition) is 2. The van der Waals surface area contributed by atoms with Crippen LogP contribution in [-0.4, -0.2) is 66.2 Å². The number of hydrogen-bond acceptors (Lipinski definition) is 7. The van der Waals surface area contributed by atoms with E-state index in [4.69, 9.17) is 27.9 Å². The van der Waals surface area contributed by atoms with Crippen molar-refractivity contribution in [1.29, 1.82) is 0 Å². The Labute approximate surface area is 212 Å². The van der Waals surface area contributed by atoms with E-state index in [-0.39, 0.29) is 34.9 Å². The van der Waals surface area contributed by atoms with E-state index >= 15 is 0 Å². The number of nitrogens with zero attached hydrogens (tertiary/aromatic N) is 2. The Morgan fingerprint density at radius 2 is 1.85 bits per heavy atom. The SMILES string of the molecule is COc1ccc(C2C3=CCC4C(=O)N(O)C(=O)C4C3CC3(Cl)C(=O)N(CBr)C(=O)C23Cl)cc1O. The van der Waals surface area contributed by atoms with Gasteiger partial charge in [-0.3, -0.25) is 29.3 Å². The van der Waals surface area contributed by atoms with Crippen LogP contribution >= 0.6 is 39.1 Å². The Morgan fingerprint density at radius 3 is 2.47 bits per heavy atom. The quantitative estimate of drug-likeness (QED) is 0.187. The Kier molecular flexibility index (Phi) is 5.33. The molecular weight excluding hydrogens is 555 g/mol. The molecule has 4 aliphatic rings. The predicted molar refractivity (Wildman–Crippen MR) is 122 cm³/mol. The Hall–Kier alpha value is -2.14. The number of carbonyl (C=O) groups is 4. The lowest BCUT2D eigenvalue weighted by Gasteiger charge is -2.50. The number of amides is 4. The molecule has 1 saturated carbocycles. The molecule has 0 spiro atoms. The summed E-state index contributed by atoms with van der Waals surface area (Å²) in [6.07, 6.45) is 1.70. The lowest BCUT2D eigenvalue weighted by atomic mass is 9.56. The Balaban J connectivity index is 1.75. The third-order valence-electron chi connectivity index (χ3n) is 7.53. The molecule has 5 rings (SSSR count). The molecule has 12 heteroatoms. The van der Waals surface area contributed by atoms with Gasteiger partial charge in [0, 0.05) is 5.92 Å². The molecule has 2 heterocycles. The summed E-state index contributed by atoms with van der Waals surface area (Å²) in [5.74, 6) is -6.43. The number of methoxy groups -OCH3 is 1. The second kappa shape index (κ2) is 7.68. The molecule has 1 aromatic rings. The number of benzene rings is 1. The number of allylic oxidation sites excluding steroid dienone is 2. The molecule has 0 aromatic heterocycles. The van der Waals surface area contributed by atoms with Crippen molar-refractivity contribution in [1.82, 2.24) is 9.96 Å². The average molecular weight is 574 g/mol. The fourth-order valence-corrected chi connectivity index (χ4v) is 7.42. The van der Waals surface area contributed by atoms with Crippen LogP contribution in [0.25, 0.3) is 0 Å². The third kappa shape index (κ3) is 2.71. The van der Waals surface area contributed by atoms with Crippen LogP contribution in [0.4, 0.5) is 0 Å². The van der Waals surface area contributed by atoms with E-state index < -0.39 is 57.0 Å². The van der Waals surface area contributed by atoms with Crippen LogP contribution in [0, 0.1) is 17.8 Å². The van der Waals surface area contributed by atoms with Gasteiger partial charge in [-0.05, 0) is 36.5 Å². The van der Waals surface area contributed by atoms with Crippen molar-refractivity contribution in [3.8, 4) is 11.5 Å². The standard InChI is InChI=1S/C22H19BrCl2N2O7/c1-34-14-5-2-9(6-13(14)28)16-10-3-4-11-15(18(30)27(33)17(11)29)12(10)7-21(24)19(31)26(8-23)20(32)22(16,21)25/h2-3,5-6,11-12,15-16,28,33H,4,7-8H2,1H3. The molecule has 1 aromatic carbocycles. The van der Waals surface area contributed by atoms with Gasteiger partial charge in [-0.2, -0.15) is 5.06 Å². The van der Waals surface area contributed by atoms with Crippen molar-refractivity contribution in [3.05, 3.63) is 35.4 Å². The fourth-order valence-electron chi connectivity index (χ4n) is 6.00. The largest absolute Gasteiger partial charge is 0.504 e. The van der Waals surface area contributed by atoms with E-state index in [0.717, 1.165) is 4.90 Å². The highest BCUT2D eigenvalue weighted by Gasteiger charge is 2.76. The predicted octanol–water partition coefficient (Wildman–Crippen LogP) is 2.50. The molecule has 180 valence electrons. The van der Waals surface area contributed by atoms with Gasteiger partial charge in [-0.1, -0.05) is 33.6 Å². The van der Waals surface area contributed by atoms with Gasteiger partial charge in [-0.15, -0.1) is 23.2 Å². The normalized spacial score (nSPS) is 36.9. The number of phenols is 1. The molecule has 2 N–H and O–H groups in total. The monoisotopic (exact) mass is 572 g/mol. The second-order valence-electron chi connectivity index (χ2n) is 8.91. The van der Waals surface area contributed by atoms with Crippen LogP contribution in [0.15, 0.2) is 29.8 Å². The van der Waals surface area contributed by atoms with E-state index in [9.17, 15) is 29.5 Å². The van der Waals surface area contributed by atoms with E-state index in [0.29, 0.717) is 11.1 Å². The van der Waals surface area contributed by atoms with Crippen molar-refractivity contribution in [2.45, 2.75) is 28.5 Å². The number of carbonyl (C=O) groups excluding carboxylic acids is 4. The summed E-state index contributed by atoms with van der Waals surface area (Å²) in [7, 11) is 1.39. The van der Waals surface area contributed by atoms with Crippen LogP contribution in [0.1, 0.15) is 24.3 Å². The molecule has 2 saturated heterocycles. The van der Waals surface area contributed by atoms with Crippen LogP contribution in [0.2, 0.25) is 0 Å². The first-order chi connectivity index (χ1) is 16.0. The summed E-state index contributed by atoms with van der Waals surface area (Å²) in [6.45, 7) is 0. The highest BCUT2D eigenvalue weighted by molar-refractivity contribution is 9.09. The number of likely N-dealkylation sites (tertiary alicyclic amines) is 1. The topological polar surface area (TPSA) is 124 Å². The molecule has 4 amide bonds. The van der Waals surface area contributed by atoms with Gasteiger partial charge < -0.3 is 9.84 Å². The van der Waals surface area contributed by atoms with Gasteiger partial charge >= 0.3 is 0 Å². The smallest absolute Gasteiger partial charge is 0.257 e. The first kappa shape index (κ1) is 23.6. The highest BCUT2D eigenvalue weighted by Crippen LogP contribution is 2.65. The van der Waals surface area contributed by atoms with Crippen molar-refractivity contribution in [2.75, 3.05) is 12.6 Å². The lowest BCUT2D eigenvalue weighted by Crippen LogP contribution is -2.60. The van der Waals surface area contributed by atoms with Gasteiger partial charge in [0.15, 0.2) is 21.2 Å². The number of hydroxylamine groups is 2. The molecule has 0 radical (unpaired) electrons. The summed E-state index contributed by atoms with van der Waals surface area (Å²) in [5.41, 5.74) is 0.820. The van der Waals surface area contributed by atoms with Crippen molar-refractivity contribution >= 4 is 62.8 Å². The van der Waals surface area contributed by atoms with Crippen LogP contribution in [0.5, 0.6) is 11.5 Å². The van der Waals surface area contributed by atoms with E-state index in [1.54, 1.807) is 12.1 Å². The lowest BCUT2D eigenvalue weighted by molar-refractivity contribution is -0.173. The summed E-state index contributed by atoms with van der Waals surface area (Å²) in [5, 5.41) is 20.6. The summed E-state index contributed by atoms with van der Waals surface area (Å²) < 4.78 is 5.12. The number of ether oxygens (including phenoxy) is 1. The molecule has 9 nitrogen and oxygen atoms in total. The molecule has 6 atom stereocenters. The van der Waals surface area contributed by atoms with Crippen molar-refractivity contribution in [2.24, 2.45) is 17.8 Å². The van der Waals surface area contributed by atoms with Crippen LogP contribution in [0.3, 0.4) is 0 Å². The molecular formula is C22H19BrCl2N2O7. The van der Waals surface area contributed by atoms with Crippen molar-refractivity contribution < 1.29 is 34.2 Å². The number of imide groups is 2. The second-order valence-corrected chi connectivity index (χ2v) is 10.6. The third-order valence-corrected chi connectivity index (χ3v) is 9.44. The molecule has 34 heavy (non-hydrogen) atoms. The van der Waals surface area contributed by atoms with Crippen molar-refractivity contribution in [3.63, 3.8) is 0 Å². The minimum Gasteiger partial charge on any atom is -0.504 e. The summed E-state index contributed by atoms with van der Waals surface area (Å²) >= 11 is 17.2. The first-order valence-corrected chi connectivity index (χ1v) is 12.3. The molecule has 2 aliphatic carbocycles. The zero-order chi connectivity index (χ0) is 24.7. The van der Waals surface area contributed by atoms with E-state index in [1.807, 2.05) is 0 Å². The Morgan fingerprint density at radius 1 is 1.15 bits per heavy atom. The van der Waals surface area contributed by atoms with Crippen LogP contribution in [-0.2, 0) is 19.2 Å². The minimum absolute atomic E-state index is 0.121. The zero-order valence-electron chi connectivity index (χ0n) is 17.7. The van der Waals surface area contributed by atoms with E-state index in [2.05, 4.69) is 15.9 Å². The summed E-state index contributed by atoms with van der Waals surface area (Å²) in [4.78, 5) is 49.3. The van der Waals surface area contributed by atoms with Gasteiger partial charge in [0.05, 0.1) is 24.4 Å². The maximum Gasteiger partial charge on any atom is 0.257 e. The van der Waals surface area contributed by atoms with Crippen LogP contribution < -0.4 is 4.74 Å². The number of fused-ring (bicyclic) bond motifs is 4. The average Bonchev–Trinajstić information content (AvgIpc) is 3.12. The number of halogens is 3. The first-order valence-electron chi connectivity index (χ1n) is 10.5. The molecule has 2 aliphatic heterocycles.